The highest BCUT2D eigenvalue weighted by atomic mass is 19.4. The number of hydrogen-bond acceptors (Lipinski definition) is 4. The molecule has 0 N–H and O–H groups in total. The van der Waals surface area contributed by atoms with Gasteiger partial charge in [0.15, 0.2) is 0 Å². The van der Waals surface area contributed by atoms with E-state index in [0.29, 0.717) is 0 Å². The molecule has 0 aliphatic heterocycles. The first-order valence-corrected chi connectivity index (χ1v) is 6.72. The van der Waals surface area contributed by atoms with Crippen LogP contribution in [0.25, 0.3) is 0 Å². The molecule has 0 aliphatic rings. The van der Waals surface area contributed by atoms with Gasteiger partial charge >= 0.3 is 55.0 Å². The number of hydrogen-bond donors (Lipinski definition) is 0. The Morgan fingerprint density at radius 1 is 0.303 bits per heavy atom. The van der Waals surface area contributed by atoms with E-state index in [0.717, 1.165) is 0 Å². The van der Waals surface area contributed by atoms with Crippen LogP contribution < -0.4 is 0 Å². The third kappa shape index (κ3) is 7.24. The second-order valence-electron chi connectivity index (χ2n) is 5.33. The maximum atomic E-state index is 13.0. The molecule has 0 saturated heterocycles. The molecule has 0 aliphatic carbocycles. The molecule has 0 amide bonds. The van der Waals surface area contributed by atoms with Gasteiger partial charge in [-0.2, -0.15) is 83.4 Å². The summed E-state index contributed by atoms with van der Waals surface area (Å²) in [6.07, 6.45) is -64.7. The molecule has 0 aromatic heterocycles. The predicted molar refractivity (Wildman–Crippen MR) is 55.6 cm³/mol. The molecule has 0 aromatic rings. The summed E-state index contributed by atoms with van der Waals surface area (Å²) in [5, 5.41) is 0. The molecule has 33 heavy (non-hydrogen) atoms. The summed E-state index contributed by atoms with van der Waals surface area (Å²) in [4.78, 5) is 0. The molecule has 0 fully saturated rings. The smallest absolute Gasteiger partial charge is 0.248 e. The molecule has 4 nitrogen and oxygen atoms in total. The van der Waals surface area contributed by atoms with E-state index in [1.165, 1.54) is 14.2 Å². The summed E-state index contributed by atoms with van der Waals surface area (Å²) in [5.41, 5.74) is 0. The monoisotopic (exact) mass is 548 g/mol. The number of halogens is 19. The van der Waals surface area contributed by atoms with Crippen LogP contribution in [0, 0.1) is 0 Å². The summed E-state index contributed by atoms with van der Waals surface area (Å²) in [6, 6.07) is 0. The van der Waals surface area contributed by atoms with Crippen LogP contribution in [0.3, 0.4) is 0 Å². The molecule has 23 heteroatoms. The van der Waals surface area contributed by atoms with Crippen LogP contribution in [-0.2, 0) is 18.9 Å². The van der Waals surface area contributed by atoms with Crippen LogP contribution in [0.4, 0.5) is 83.4 Å². The summed E-state index contributed by atoms with van der Waals surface area (Å²) in [5.74, 6) is 0. The average Bonchev–Trinajstić information content (AvgIpc) is 2.38. The number of alkyl halides is 19. The Morgan fingerprint density at radius 2 is 0.485 bits per heavy atom. The minimum Gasteiger partial charge on any atom is -0.248 e. The van der Waals surface area contributed by atoms with E-state index in [1.54, 1.807) is 0 Å². The van der Waals surface area contributed by atoms with Gasteiger partial charge in [-0.15, -0.1) is 0 Å². The molecule has 0 atom stereocenters. The maximum Gasteiger partial charge on any atom is 0.483 e. The lowest BCUT2D eigenvalue weighted by Gasteiger charge is -2.35. The Bertz CT molecular complexity index is 677. The van der Waals surface area contributed by atoms with E-state index in [1.807, 2.05) is 4.74 Å². The van der Waals surface area contributed by atoms with Gasteiger partial charge in [0.1, 0.15) is 0 Å². The molecule has 0 radical (unpaired) electrons. The first-order chi connectivity index (χ1) is 13.8. The van der Waals surface area contributed by atoms with Crippen molar-refractivity contribution >= 4 is 0 Å². The number of ether oxygens (including phenoxy) is 4. The minimum absolute atomic E-state index is 0.730. The van der Waals surface area contributed by atoms with Gasteiger partial charge < -0.3 is 0 Å². The fourth-order valence-electron chi connectivity index (χ4n) is 1.12. The van der Waals surface area contributed by atoms with E-state index in [-0.39, 0.29) is 0 Å². The minimum atomic E-state index is -7.70. The van der Waals surface area contributed by atoms with Crippen molar-refractivity contribution in [3.05, 3.63) is 0 Å². The van der Waals surface area contributed by atoms with Gasteiger partial charge in [-0.3, -0.25) is 0 Å². The van der Waals surface area contributed by atoms with Crippen molar-refractivity contribution in [1.82, 2.24) is 0 Å². The summed E-state index contributed by atoms with van der Waals surface area (Å²) < 4.78 is 245. The maximum absolute atomic E-state index is 13.0. The van der Waals surface area contributed by atoms with Gasteiger partial charge in [-0.1, -0.05) is 0 Å². The van der Waals surface area contributed by atoms with E-state index < -0.39 is 62.0 Å². The quantitative estimate of drug-likeness (QED) is 0.281. The molecule has 0 aromatic carbocycles. The van der Waals surface area contributed by atoms with Crippen LogP contribution >= 0.6 is 0 Å². The van der Waals surface area contributed by atoms with Crippen LogP contribution in [0.2, 0.25) is 0 Å². The first kappa shape index (κ1) is 31.5. The summed E-state index contributed by atoms with van der Waals surface area (Å²) in [7, 11) is 0. The molecule has 0 heterocycles. The molecule has 200 valence electrons. The molecule has 0 unspecified atom stereocenters. The SMILES string of the molecule is CC(F)(F)OC(F)(F)C(F)(F)OC(F)(F)C(F)(F)OC(F)(F)C(F)(F)OC(F)(F)C(F)(F)F. The Morgan fingerprint density at radius 3 is 0.667 bits per heavy atom. The third-order valence-electron chi connectivity index (χ3n) is 2.42. The van der Waals surface area contributed by atoms with Crippen molar-refractivity contribution in [3.8, 4) is 0 Å². The van der Waals surface area contributed by atoms with E-state index in [2.05, 4.69) is 0 Å². The van der Waals surface area contributed by atoms with Gasteiger partial charge in [-0.05, 0) is 0 Å². The van der Waals surface area contributed by atoms with Crippen LogP contribution in [0.1, 0.15) is 6.92 Å². The van der Waals surface area contributed by atoms with Crippen molar-refractivity contribution in [3.63, 3.8) is 0 Å². The summed E-state index contributed by atoms with van der Waals surface area (Å²) in [6.45, 7) is -0.730. The van der Waals surface area contributed by atoms with Gasteiger partial charge in [0.05, 0.1) is 0 Å². The van der Waals surface area contributed by atoms with Crippen LogP contribution in [-0.4, -0.2) is 55.0 Å². The van der Waals surface area contributed by atoms with E-state index in [4.69, 9.17) is 0 Å². The van der Waals surface area contributed by atoms with E-state index in [9.17, 15) is 83.4 Å². The lowest BCUT2D eigenvalue weighted by atomic mass is 10.4. The normalized spacial score (nSPS) is 16.4. The highest BCUT2D eigenvalue weighted by Gasteiger charge is 2.78. The van der Waals surface area contributed by atoms with E-state index >= 15 is 0 Å². The zero-order chi connectivity index (χ0) is 27.3. The molecule has 0 bridgehead atoms. The fourth-order valence-corrected chi connectivity index (χ4v) is 1.12. The molecular formula is C10H3F19O4. The lowest BCUT2D eigenvalue weighted by molar-refractivity contribution is -0.581. The highest BCUT2D eigenvalue weighted by Crippen LogP contribution is 2.52. The third-order valence-corrected chi connectivity index (χ3v) is 2.42. The second-order valence-corrected chi connectivity index (χ2v) is 5.33. The standard InChI is InChI=1S/C10H3F19O4/c1-2(11,12)30-5(18,19)6(20,21)32-9(26,27)10(28,29)33-8(24,25)7(22,23)31-4(16,17)3(13,14)15/h1H3. The van der Waals surface area contributed by atoms with Crippen molar-refractivity contribution in [2.24, 2.45) is 0 Å². The van der Waals surface area contributed by atoms with Gasteiger partial charge in [0.25, 0.3) is 0 Å². The summed E-state index contributed by atoms with van der Waals surface area (Å²) >= 11 is 0. The van der Waals surface area contributed by atoms with Crippen LogP contribution in [0.5, 0.6) is 0 Å². The zero-order valence-corrected chi connectivity index (χ0v) is 14.3. The predicted octanol–water partition coefficient (Wildman–Crippen LogP) is 6.38. The lowest BCUT2D eigenvalue weighted by Crippen LogP contribution is -2.60. The molecule has 0 rings (SSSR count). The van der Waals surface area contributed by atoms with Crippen molar-refractivity contribution in [2.45, 2.75) is 62.0 Å². The highest BCUT2D eigenvalue weighted by molar-refractivity contribution is 4.80. The van der Waals surface area contributed by atoms with Gasteiger partial charge in [0.2, 0.25) is 0 Å². The number of rotatable bonds is 11. The first-order valence-electron chi connectivity index (χ1n) is 6.72. The molecule has 0 saturated carbocycles. The van der Waals surface area contributed by atoms with Crippen molar-refractivity contribution < 1.29 is 102 Å². The van der Waals surface area contributed by atoms with Crippen molar-refractivity contribution in [1.29, 1.82) is 0 Å². The molecular weight excluding hydrogens is 545 g/mol. The van der Waals surface area contributed by atoms with Crippen molar-refractivity contribution in [2.75, 3.05) is 0 Å². The van der Waals surface area contributed by atoms with Gasteiger partial charge in [-0.25, -0.2) is 18.9 Å². The van der Waals surface area contributed by atoms with Gasteiger partial charge in [0, 0.05) is 6.92 Å². The average molecular weight is 548 g/mol. The topological polar surface area (TPSA) is 36.9 Å². The largest absolute Gasteiger partial charge is 0.483 e. The Labute approximate surface area is 166 Å². The Hall–Kier alpha value is -1.49. The van der Waals surface area contributed by atoms with Crippen LogP contribution in [0.15, 0.2) is 0 Å². The Kier molecular flexibility index (Phi) is 7.94. The Balaban J connectivity index is 5.90. The second kappa shape index (κ2) is 8.32. The fraction of sp³-hybridized carbons (Fsp3) is 1.00. The molecule has 0 spiro atoms. The zero-order valence-electron chi connectivity index (χ0n) is 14.3.